The Morgan fingerprint density at radius 1 is 1.15 bits per heavy atom. The van der Waals surface area contributed by atoms with E-state index in [1.165, 1.54) is 0 Å². The summed E-state index contributed by atoms with van der Waals surface area (Å²) in [6, 6.07) is 12.9. The summed E-state index contributed by atoms with van der Waals surface area (Å²) in [5, 5.41) is 24.6. The summed E-state index contributed by atoms with van der Waals surface area (Å²) in [6.45, 7) is 5.32. The molecule has 2 amide bonds. The van der Waals surface area contributed by atoms with E-state index in [1.807, 2.05) is 44.1 Å². The number of phenols is 1. The lowest BCUT2D eigenvalue weighted by Gasteiger charge is -2.49. The Labute approximate surface area is 231 Å². The number of nitrogens with one attached hydrogen (secondary N) is 2. The van der Waals surface area contributed by atoms with Gasteiger partial charge in [0.25, 0.3) is 5.91 Å². The van der Waals surface area contributed by atoms with E-state index in [0.717, 1.165) is 48.9 Å². The van der Waals surface area contributed by atoms with Gasteiger partial charge in [-0.25, -0.2) is 0 Å². The molecule has 1 unspecified atom stereocenters. The molecule has 1 aliphatic rings. The van der Waals surface area contributed by atoms with Crippen LogP contribution in [0.3, 0.4) is 0 Å². The van der Waals surface area contributed by atoms with Crippen molar-refractivity contribution in [3.63, 3.8) is 0 Å². The number of hydrogen-bond donors (Lipinski definition) is 4. The maximum atomic E-state index is 12.6. The number of rotatable bonds is 13. The number of likely N-dealkylation sites (N-methyl/N-ethyl adjacent to an activating group) is 1. The van der Waals surface area contributed by atoms with Crippen molar-refractivity contribution in [2.45, 2.75) is 64.1 Å². The molecule has 3 rings (SSSR count). The molecule has 0 bridgehead atoms. The van der Waals surface area contributed by atoms with Gasteiger partial charge < -0.3 is 30.6 Å². The second kappa shape index (κ2) is 13.5. The number of hydrogen-bond acceptors (Lipinski definition) is 6. The maximum absolute atomic E-state index is 12.6. The monoisotopic (exact) mass is 538 g/mol. The van der Waals surface area contributed by atoms with Crippen LogP contribution in [0.25, 0.3) is 0 Å². The van der Waals surface area contributed by atoms with Crippen molar-refractivity contribution in [1.82, 2.24) is 15.5 Å². The van der Waals surface area contributed by atoms with Crippen molar-refractivity contribution < 1.29 is 24.6 Å². The highest BCUT2D eigenvalue weighted by molar-refractivity contribution is 5.94. The second-order valence-corrected chi connectivity index (χ2v) is 10.8. The lowest BCUT2D eigenvalue weighted by molar-refractivity contribution is -0.136. The molecule has 4 N–H and O–H groups in total. The van der Waals surface area contributed by atoms with Crippen LogP contribution in [0.1, 0.15) is 60.5 Å². The van der Waals surface area contributed by atoms with E-state index in [1.54, 1.807) is 24.3 Å². The molecule has 212 valence electrons. The summed E-state index contributed by atoms with van der Waals surface area (Å²) in [5.41, 5.74) is 2.97. The molecule has 1 atom stereocenters. The van der Waals surface area contributed by atoms with Gasteiger partial charge in [-0.1, -0.05) is 12.1 Å². The van der Waals surface area contributed by atoms with Gasteiger partial charge in [0, 0.05) is 44.0 Å². The van der Waals surface area contributed by atoms with Gasteiger partial charge in [-0.15, -0.1) is 0 Å². The first-order chi connectivity index (χ1) is 18.6. The zero-order chi connectivity index (χ0) is 28.6. The Bertz CT molecular complexity index is 1130. The number of nitrogens with zero attached hydrogens (tertiary/aromatic N) is 2. The van der Waals surface area contributed by atoms with E-state index < -0.39 is 5.97 Å². The molecule has 0 saturated heterocycles. The molecule has 9 nitrogen and oxygen atoms in total. The minimum atomic E-state index is -0.964. The van der Waals surface area contributed by atoms with Crippen LogP contribution in [0, 0.1) is 12.8 Å². The fourth-order valence-corrected chi connectivity index (χ4v) is 5.70. The zero-order valence-electron chi connectivity index (χ0n) is 23.4. The Morgan fingerprint density at radius 2 is 1.82 bits per heavy atom. The Hall–Kier alpha value is -3.59. The number of carboxylic acid groups (broad SMARTS) is 1. The maximum Gasteiger partial charge on any atom is 0.305 e. The first-order valence-corrected chi connectivity index (χ1v) is 13.6. The second-order valence-electron chi connectivity index (χ2n) is 10.8. The molecule has 1 aliphatic carbocycles. The van der Waals surface area contributed by atoms with E-state index in [0.29, 0.717) is 30.6 Å². The van der Waals surface area contributed by atoms with Gasteiger partial charge >= 0.3 is 5.97 Å². The van der Waals surface area contributed by atoms with Crippen LogP contribution < -0.4 is 15.5 Å². The Balaban J connectivity index is 1.80. The van der Waals surface area contributed by atoms with Crippen LogP contribution in [-0.4, -0.2) is 72.2 Å². The fraction of sp³-hybridized carbons (Fsp3) is 0.500. The lowest BCUT2D eigenvalue weighted by atomic mass is 9.73. The summed E-state index contributed by atoms with van der Waals surface area (Å²) in [6.07, 6.45) is 4.56. The molecule has 1 saturated carbocycles. The highest BCUT2D eigenvalue weighted by Gasteiger charge is 2.42. The number of aromatic hydroxyl groups is 1. The molecule has 9 heteroatoms. The number of aryl methyl sites for hydroxylation is 1. The van der Waals surface area contributed by atoms with Gasteiger partial charge in [-0.2, -0.15) is 0 Å². The van der Waals surface area contributed by atoms with Crippen LogP contribution in [0.15, 0.2) is 42.5 Å². The number of benzene rings is 2. The van der Waals surface area contributed by atoms with Gasteiger partial charge in [-0.3, -0.25) is 14.4 Å². The lowest BCUT2D eigenvalue weighted by Crippen LogP contribution is -2.57. The highest BCUT2D eigenvalue weighted by atomic mass is 16.4. The zero-order valence-corrected chi connectivity index (χ0v) is 23.4. The predicted molar refractivity (Wildman–Crippen MR) is 152 cm³/mol. The van der Waals surface area contributed by atoms with E-state index in [2.05, 4.69) is 22.5 Å². The number of carbonyl (C=O) groups is 3. The third kappa shape index (κ3) is 7.72. The van der Waals surface area contributed by atoms with Gasteiger partial charge in [0.05, 0.1) is 12.0 Å². The van der Waals surface area contributed by atoms with Crippen LogP contribution in [0.4, 0.5) is 5.69 Å². The van der Waals surface area contributed by atoms with Crippen molar-refractivity contribution in [1.29, 1.82) is 0 Å². The molecule has 1 fully saturated rings. The van der Waals surface area contributed by atoms with Crippen molar-refractivity contribution in [3.8, 4) is 5.75 Å². The van der Waals surface area contributed by atoms with E-state index in [4.69, 9.17) is 5.11 Å². The number of aliphatic carboxylic acids is 1. The SMILES string of the molecule is CNC(C)C1CCC(CN(C)c2ccc(O)cc2C)(N(C=O)Cc2ccc(C(=O)NCCC(=O)O)cc2)CC1. The Kier molecular flexibility index (Phi) is 10.3. The minimum absolute atomic E-state index is 0.0680. The largest absolute Gasteiger partial charge is 0.508 e. The quantitative estimate of drug-likeness (QED) is 0.288. The standard InChI is InChI=1S/C30H42N4O5/c1-21-17-26(36)9-10-27(21)33(4)19-30(14-11-24(12-15-30)22(2)31-3)34(20-35)18-23-5-7-25(8-6-23)29(39)32-16-13-28(37)38/h5-10,17,20,22,24,31,36H,11-16,18-19H2,1-4H3,(H,32,39)(H,37,38). The normalized spacial score (nSPS) is 19.6. The molecular formula is C30H42N4O5. The van der Waals surface area contributed by atoms with E-state index in [-0.39, 0.29) is 30.2 Å². The van der Waals surface area contributed by atoms with Crippen LogP contribution in [-0.2, 0) is 16.1 Å². The first kappa shape index (κ1) is 30.0. The molecule has 0 radical (unpaired) electrons. The third-order valence-electron chi connectivity index (χ3n) is 8.18. The molecule has 0 heterocycles. The summed E-state index contributed by atoms with van der Waals surface area (Å²) in [5.74, 6) is -0.519. The summed E-state index contributed by atoms with van der Waals surface area (Å²) >= 11 is 0. The number of anilines is 1. The molecule has 2 aromatic rings. The molecule has 2 aromatic carbocycles. The smallest absolute Gasteiger partial charge is 0.305 e. The molecule has 39 heavy (non-hydrogen) atoms. The first-order valence-electron chi connectivity index (χ1n) is 13.6. The van der Waals surface area contributed by atoms with Crippen LogP contribution in [0.2, 0.25) is 0 Å². The van der Waals surface area contributed by atoms with Crippen molar-refractivity contribution in [3.05, 3.63) is 59.2 Å². The van der Waals surface area contributed by atoms with Crippen molar-refractivity contribution in [2.24, 2.45) is 5.92 Å². The summed E-state index contributed by atoms with van der Waals surface area (Å²) in [7, 11) is 4.02. The van der Waals surface area contributed by atoms with Gasteiger partial charge in [-0.05, 0) is 94.0 Å². The average molecular weight is 539 g/mol. The summed E-state index contributed by atoms with van der Waals surface area (Å²) in [4.78, 5) is 39.7. The summed E-state index contributed by atoms with van der Waals surface area (Å²) < 4.78 is 0. The molecule has 0 aliphatic heterocycles. The van der Waals surface area contributed by atoms with E-state index in [9.17, 15) is 19.5 Å². The molecule has 0 aromatic heterocycles. The topological polar surface area (TPSA) is 122 Å². The van der Waals surface area contributed by atoms with Crippen LogP contribution >= 0.6 is 0 Å². The minimum Gasteiger partial charge on any atom is -0.508 e. The van der Waals surface area contributed by atoms with Gasteiger partial charge in [0.15, 0.2) is 0 Å². The third-order valence-corrected chi connectivity index (χ3v) is 8.18. The van der Waals surface area contributed by atoms with Gasteiger partial charge in [0.2, 0.25) is 6.41 Å². The molecular weight excluding hydrogens is 496 g/mol. The molecule has 0 spiro atoms. The highest BCUT2D eigenvalue weighted by Crippen LogP contribution is 2.40. The van der Waals surface area contributed by atoms with Crippen molar-refractivity contribution in [2.75, 3.05) is 32.1 Å². The number of amides is 2. The van der Waals surface area contributed by atoms with Crippen molar-refractivity contribution >= 4 is 24.0 Å². The predicted octanol–water partition coefficient (Wildman–Crippen LogP) is 3.54. The Morgan fingerprint density at radius 3 is 2.38 bits per heavy atom. The number of phenolic OH excluding ortho intramolecular Hbond substituents is 1. The number of carbonyl (C=O) groups excluding carboxylic acids is 2. The number of carboxylic acids is 1. The van der Waals surface area contributed by atoms with Crippen LogP contribution in [0.5, 0.6) is 5.75 Å². The van der Waals surface area contributed by atoms with E-state index >= 15 is 0 Å². The average Bonchev–Trinajstić information content (AvgIpc) is 2.91. The fourth-order valence-electron chi connectivity index (χ4n) is 5.70. The van der Waals surface area contributed by atoms with Gasteiger partial charge in [0.1, 0.15) is 5.75 Å².